The van der Waals surface area contributed by atoms with Crippen LogP contribution in [0.5, 0.6) is 5.75 Å². The van der Waals surface area contributed by atoms with Crippen LogP contribution in [-0.2, 0) is 16.1 Å². The highest BCUT2D eigenvalue weighted by atomic mass is 127. The van der Waals surface area contributed by atoms with Crippen molar-refractivity contribution < 1.29 is 23.0 Å². The number of ether oxygens (including phenoxy) is 2. The van der Waals surface area contributed by atoms with Gasteiger partial charge in [-0.05, 0) is 25.8 Å². The molecule has 2 fully saturated rings. The molecule has 1 aromatic rings. The molecule has 3 rings (SSSR count). The zero-order chi connectivity index (χ0) is 20.6. The van der Waals surface area contributed by atoms with Crippen molar-refractivity contribution in [3.05, 3.63) is 29.8 Å². The Bertz CT molecular complexity index is 709. The van der Waals surface area contributed by atoms with E-state index < -0.39 is 6.61 Å². The fourth-order valence-corrected chi connectivity index (χ4v) is 3.55. The molecule has 2 aliphatic heterocycles. The smallest absolute Gasteiger partial charge is 0.387 e. The Morgan fingerprint density at radius 2 is 1.97 bits per heavy atom. The van der Waals surface area contributed by atoms with Gasteiger partial charge < -0.3 is 24.6 Å². The lowest BCUT2D eigenvalue weighted by Crippen LogP contribution is -2.55. The lowest BCUT2D eigenvalue weighted by molar-refractivity contribution is -0.142. The summed E-state index contributed by atoms with van der Waals surface area (Å²) < 4.78 is 35.3. The number of hydrogen-bond acceptors (Lipinski definition) is 4. The lowest BCUT2D eigenvalue weighted by atomic mass is 10.2. The van der Waals surface area contributed by atoms with Crippen LogP contribution < -0.4 is 10.1 Å². The van der Waals surface area contributed by atoms with Crippen molar-refractivity contribution in [1.82, 2.24) is 15.1 Å². The van der Waals surface area contributed by atoms with Gasteiger partial charge in [0.2, 0.25) is 0 Å². The summed E-state index contributed by atoms with van der Waals surface area (Å²) in [4.78, 5) is 21.0. The van der Waals surface area contributed by atoms with Crippen LogP contribution in [0.25, 0.3) is 0 Å². The maximum absolute atomic E-state index is 12.6. The van der Waals surface area contributed by atoms with Gasteiger partial charge in [0.05, 0.1) is 6.54 Å². The van der Waals surface area contributed by atoms with Crippen molar-refractivity contribution in [2.45, 2.75) is 39.0 Å². The van der Waals surface area contributed by atoms with E-state index in [1.54, 1.807) is 18.2 Å². The number of aliphatic imine (C=N–C) groups is 1. The molecular formula is C20H29F2IN4O3. The van der Waals surface area contributed by atoms with Gasteiger partial charge in [-0.2, -0.15) is 8.78 Å². The number of guanidine groups is 1. The number of halogens is 3. The molecular weight excluding hydrogens is 509 g/mol. The highest BCUT2D eigenvalue weighted by Gasteiger charge is 2.30. The van der Waals surface area contributed by atoms with Crippen molar-refractivity contribution in [1.29, 1.82) is 0 Å². The fourth-order valence-electron chi connectivity index (χ4n) is 3.55. The number of nitrogens with zero attached hydrogens (tertiary/aromatic N) is 3. The minimum Gasteiger partial charge on any atom is -0.434 e. The van der Waals surface area contributed by atoms with Crippen LogP contribution in [0.1, 0.15) is 25.3 Å². The predicted molar refractivity (Wildman–Crippen MR) is 120 cm³/mol. The number of rotatable bonds is 6. The Hall–Kier alpha value is -1.69. The van der Waals surface area contributed by atoms with Gasteiger partial charge in [0.15, 0.2) is 5.96 Å². The lowest BCUT2D eigenvalue weighted by Gasteiger charge is -2.37. The number of carbonyl (C=O) groups is 1. The van der Waals surface area contributed by atoms with Gasteiger partial charge >= 0.3 is 6.61 Å². The molecule has 1 atom stereocenters. The van der Waals surface area contributed by atoms with Crippen LogP contribution in [0.2, 0.25) is 0 Å². The van der Waals surface area contributed by atoms with Crippen LogP contribution in [0.3, 0.4) is 0 Å². The average Bonchev–Trinajstić information content (AvgIpc) is 3.26. The number of alkyl halides is 2. The fraction of sp³-hybridized carbons (Fsp3) is 0.600. The third-order valence-corrected chi connectivity index (χ3v) is 5.02. The number of para-hydroxylation sites is 1. The molecule has 0 bridgehead atoms. The third kappa shape index (κ3) is 6.66. The first-order valence-electron chi connectivity index (χ1n) is 10.0. The van der Waals surface area contributed by atoms with Gasteiger partial charge in [-0.1, -0.05) is 18.2 Å². The zero-order valence-electron chi connectivity index (χ0n) is 17.1. The summed E-state index contributed by atoms with van der Waals surface area (Å²) in [5.41, 5.74) is 0.593. The summed E-state index contributed by atoms with van der Waals surface area (Å²) in [5.74, 6) is 0.903. The molecule has 1 aromatic carbocycles. The third-order valence-electron chi connectivity index (χ3n) is 5.02. The van der Waals surface area contributed by atoms with E-state index in [4.69, 9.17) is 4.74 Å². The van der Waals surface area contributed by atoms with E-state index >= 15 is 0 Å². The minimum absolute atomic E-state index is 0. The van der Waals surface area contributed by atoms with Crippen LogP contribution in [0, 0.1) is 0 Å². The normalized spacial score (nSPS) is 19.6. The molecule has 0 aromatic heterocycles. The van der Waals surface area contributed by atoms with Crippen LogP contribution in [-0.4, -0.2) is 73.7 Å². The largest absolute Gasteiger partial charge is 0.434 e. The van der Waals surface area contributed by atoms with E-state index in [1.165, 1.54) is 6.07 Å². The van der Waals surface area contributed by atoms with E-state index in [1.807, 2.05) is 11.8 Å². The summed E-state index contributed by atoms with van der Waals surface area (Å²) >= 11 is 0. The number of piperazine rings is 1. The van der Waals surface area contributed by atoms with E-state index in [0.29, 0.717) is 50.9 Å². The number of nitrogens with one attached hydrogen (secondary N) is 1. The number of benzene rings is 1. The van der Waals surface area contributed by atoms with Gasteiger partial charge in [-0.3, -0.25) is 4.79 Å². The van der Waals surface area contributed by atoms with Gasteiger partial charge in [-0.25, -0.2) is 4.99 Å². The SMILES string of the molecule is CCNC(=NCc1ccccc1OC(F)F)N1CCN(C(=O)C2CCCO2)CC1.I. The Kier molecular flexibility index (Phi) is 10.0. The molecule has 0 aliphatic carbocycles. The van der Waals surface area contributed by atoms with Crippen molar-refractivity contribution in [3.8, 4) is 5.75 Å². The monoisotopic (exact) mass is 538 g/mol. The number of hydrogen-bond donors (Lipinski definition) is 1. The van der Waals surface area contributed by atoms with E-state index in [-0.39, 0.29) is 48.3 Å². The summed E-state index contributed by atoms with van der Waals surface area (Å²) in [6.45, 7) is 3.18. The molecule has 10 heteroatoms. The standard InChI is InChI=1S/C20H28F2N4O3.HI/c1-2-23-20(24-14-15-6-3-4-7-16(15)29-19(21)22)26-11-9-25(10-12-26)18(27)17-8-5-13-28-17;/h3-4,6-7,17,19H,2,5,8-14H2,1H3,(H,23,24);1H. The Balaban J connectivity index is 0.00000320. The van der Waals surface area contributed by atoms with E-state index in [2.05, 4.69) is 19.9 Å². The summed E-state index contributed by atoms with van der Waals surface area (Å²) in [6.07, 6.45) is 1.43. The zero-order valence-corrected chi connectivity index (χ0v) is 19.4. The Morgan fingerprint density at radius 1 is 1.27 bits per heavy atom. The first-order valence-corrected chi connectivity index (χ1v) is 10.0. The number of amides is 1. The van der Waals surface area contributed by atoms with Crippen molar-refractivity contribution >= 4 is 35.8 Å². The van der Waals surface area contributed by atoms with Crippen LogP contribution in [0.15, 0.2) is 29.3 Å². The van der Waals surface area contributed by atoms with E-state index in [0.717, 1.165) is 12.8 Å². The van der Waals surface area contributed by atoms with Gasteiger partial charge in [0.25, 0.3) is 5.91 Å². The molecule has 2 saturated heterocycles. The molecule has 168 valence electrons. The second-order valence-electron chi connectivity index (χ2n) is 6.97. The molecule has 1 unspecified atom stereocenters. The quantitative estimate of drug-likeness (QED) is 0.343. The van der Waals surface area contributed by atoms with Gasteiger partial charge in [0.1, 0.15) is 11.9 Å². The van der Waals surface area contributed by atoms with Crippen molar-refractivity contribution in [2.75, 3.05) is 39.3 Å². The van der Waals surface area contributed by atoms with Gasteiger partial charge in [0, 0.05) is 44.9 Å². The molecule has 0 saturated carbocycles. The summed E-state index contributed by atoms with van der Waals surface area (Å²) in [6, 6.07) is 6.66. The molecule has 1 N–H and O–H groups in total. The summed E-state index contributed by atoms with van der Waals surface area (Å²) in [7, 11) is 0. The molecule has 30 heavy (non-hydrogen) atoms. The van der Waals surface area contributed by atoms with E-state index in [9.17, 15) is 13.6 Å². The predicted octanol–water partition coefficient (Wildman–Crippen LogP) is 2.69. The molecule has 0 spiro atoms. The van der Waals surface area contributed by atoms with Crippen molar-refractivity contribution in [3.63, 3.8) is 0 Å². The Labute approximate surface area is 192 Å². The second-order valence-corrected chi connectivity index (χ2v) is 6.97. The highest BCUT2D eigenvalue weighted by Crippen LogP contribution is 2.21. The minimum atomic E-state index is -2.87. The van der Waals surface area contributed by atoms with Crippen LogP contribution >= 0.6 is 24.0 Å². The van der Waals surface area contributed by atoms with Crippen molar-refractivity contribution in [2.24, 2.45) is 4.99 Å². The maximum Gasteiger partial charge on any atom is 0.387 e. The molecule has 1 amide bonds. The molecule has 2 heterocycles. The topological polar surface area (TPSA) is 66.4 Å². The first-order chi connectivity index (χ1) is 14.1. The second kappa shape index (κ2) is 12.2. The molecule has 7 nitrogen and oxygen atoms in total. The average molecular weight is 538 g/mol. The molecule has 2 aliphatic rings. The molecule has 0 radical (unpaired) electrons. The summed E-state index contributed by atoms with van der Waals surface area (Å²) in [5, 5.41) is 3.24. The maximum atomic E-state index is 12.6. The highest BCUT2D eigenvalue weighted by molar-refractivity contribution is 14.0. The van der Waals surface area contributed by atoms with Gasteiger partial charge in [-0.15, -0.1) is 24.0 Å². The number of carbonyl (C=O) groups excluding carboxylic acids is 1. The van der Waals surface area contributed by atoms with Crippen LogP contribution in [0.4, 0.5) is 8.78 Å². The Morgan fingerprint density at radius 3 is 2.60 bits per heavy atom. The first kappa shape index (κ1) is 24.6.